The third-order valence-electron chi connectivity index (χ3n) is 4.30. The van der Waals surface area contributed by atoms with Crippen molar-refractivity contribution in [1.82, 2.24) is 0 Å². The normalized spacial score (nSPS) is 17.3. The van der Waals surface area contributed by atoms with E-state index in [-0.39, 0.29) is 17.8 Å². The van der Waals surface area contributed by atoms with Crippen LogP contribution in [-0.2, 0) is 17.6 Å². The second kappa shape index (κ2) is 6.29. The van der Waals surface area contributed by atoms with E-state index in [9.17, 15) is 14.4 Å². The number of carbonyl (C=O) groups excluding carboxylic acids is 3. The first-order valence-corrected chi connectivity index (χ1v) is 7.91. The Morgan fingerprint density at radius 2 is 1.39 bits per heavy atom. The molecule has 1 aliphatic rings. The minimum atomic E-state index is -0.894. The summed E-state index contributed by atoms with van der Waals surface area (Å²) in [5.74, 6) is -2.28. The lowest BCUT2D eigenvalue weighted by Crippen LogP contribution is -2.38. The molecule has 0 spiro atoms. The summed E-state index contributed by atoms with van der Waals surface area (Å²) < 4.78 is 0. The zero-order valence-electron chi connectivity index (χ0n) is 13.0. The van der Waals surface area contributed by atoms with Gasteiger partial charge in [0.05, 0.1) is 5.92 Å². The van der Waals surface area contributed by atoms with E-state index in [0.717, 1.165) is 18.4 Å². The van der Waals surface area contributed by atoms with Crippen molar-refractivity contribution in [2.75, 3.05) is 0 Å². The van der Waals surface area contributed by atoms with Gasteiger partial charge in [-0.2, -0.15) is 0 Å². The largest absolute Gasteiger partial charge is 0.293 e. The molecule has 0 radical (unpaired) electrons. The Balaban J connectivity index is 1.87. The number of aryl methyl sites for hydroxylation is 1. The van der Waals surface area contributed by atoms with Crippen LogP contribution in [0.4, 0.5) is 0 Å². The molecule has 0 saturated heterocycles. The Kier molecular flexibility index (Phi) is 4.20. The smallest absolute Gasteiger partial charge is 0.230 e. The quantitative estimate of drug-likeness (QED) is 0.642. The second-order valence-corrected chi connectivity index (χ2v) is 5.93. The van der Waals surface area contributed by atoms with Crippen LogP contribution in [0.15, 0.2) is 48.5 Å². The predicted molar refractivity (Wildman–Crippen MR) is 87.7 cm³/mol. The number of rotatable bonds is 4. The molecule has 23 heavy (non-hydrogen) atoms. The van der Waals surface area contributed by atoms with E-state index in [1.807, 2.05) is 24.3 Å². The summed E-state index contributed by atoms with van der Waals surface area (Å²) >= 11 is 0. The molecule has 0 fully saturated rings. The van der Waals surface area contributed by atoms with Crippen LogP contribution < -0.4 is 0 Å². The summed E-state index contributed by atoms with van der Waals surface area (Å²) in [6.45, 7) is 2.12. The summed E-state index contributed by atoms with van der Waals surface area (Å²) in [7, 11) is 0. The Hall–Kier alpha value is -2.55. The molecule has 3 heteroatoms. The Morgan fingerprint density at radius 1 is 0.783 bits per heavy atom. The summed E-state index contributed by atoms with van der Waals surface area (Å²) in [5.41, 5.74) is 2.74. The molecule has 0 saturated carbocycles. The van der Waals surface area contributed by atoms with Crippen molar-refractivity contribution in [2.45, 2.75) is 26.2 Å². The number of fused-ring (bicyclic) bond motifs is 1. The fourth-order valence-corrected chi connectivity index (χ4v) is 3.05. The van der Waals surface area contributed by atoms with Crippen molar-refractivity contribution in [1.29, 1.82) is 0 Å². The zero-order valence-corrected chi connectivity index (χ0v) is 13.0. The van der Waals surface area contributed by atoms with Crippen molar-refractivity contribution in [2.24, 2.45) is 5.92 Å². The van der Waals surface area contributed by atoms with Gasteiger partial charge in [0.15, 0.2) is 5.78 Å². The van der Waals surface area contributed by atoms with Gasteiger partial charge in [-0.3, -0.25) is 14.4 Å². The molecule has 1 atom stereocenters. The van der Waals surface area contributed by atoms with E-state index in [0.29, 0.717) is 5.56 Å². The maximum Gasteiger partial charge on any atom is 0.230 e. The first-order chi connectivity index (χ1) is 11.1. The lowest BCUT2D eigenvalue weighted by molar-refractivity contribution is -0.117. The molecule has 2 aromatic carbocycles. The van der Waals surface area contributed by atoms with Crippen LogP contribution in [0.2, 0.25) is 0 Å². The molecule has 3 nitrogen and oxygen atoms in total. The Labute approximate surface area is 135 Å². The highest BCUT2D eigenvalue weighted by molar-refractivity contribution is 6.51. The van der Waals surface area contributed by atoms with E-state index >= 15 is 0 Å². The van der Waals surface area contributed by atoms with E-state index in [1.54, 1.807) is 24.3 Å². The van der Waals surface area contributed by atoms with Gasteiger partial charge in [0, 0.05) is 11.1 Å². The number of benzene rings is 2. The fraction of sp³-hybridized carbons (Fsp3) is 0.250. The molecule has 0 aromatic heterocycles. The lowest BCUT2D eigenvalue weighted by Gasteiger charge is -2.21. The van der Waals surface area contributed by atoms with E-state index in [2.05, 4.69) is 6.92 Å². The maximum atomic E-state index is 12.6. The van der Waals surface area contributed by atoms with Crippen LogP contribution in [0.3, 0.4) is 0 Å². The standard InChI is InChI=1S/C20H18O3/c1-2-5-13-8-10-14(11-9-13)12-17-18(21)15-6-3-4-7-16(15)19(22)20(17)23/h3-4,6-11,17H,2,5,12H2,1H3. The van der Waals surface area contributed by atoms with Crippen LogP contribution in [0.1, 0.15) is 45.2 Å². The molecule has 2 aromatic rings. The number of ketones is 3. The highest BCUT2D eigenvalue weighted by atomic mass is 16.2. The van der Waals surface area contributed by atoms with Gasteiger partial charge in [-0.1, -0.05) is 61.9 Å². The van der Waals surface area contributed by atoms with E-state index in [4.69, 9.17) is 0 Å². The third kappa shape index (κ3) is 2.87. The van der Waals surface area contributed by atoms with Gasteiger partial charge in [-0.15, -0.1) is 0 Å². The molecule has 116 valence electrons. The van der Waals surface area contributed by atoms with Gasteiger partial charge in [-0.25, -0.2) is 0 Å². The predicted octanol–water partition coefficient (Wildman–Crippen LogP) is 3.45. The Morgan fingerprint density at radius 3 is 2.04 bits per heavy atom. The molecule has 1 aliphatic carbocycles. The molecular weight excluding hydrogens is 288 g/mol. The summed E-state index contributed by atoms with van der Waals surface area (Å²) in [5, 5.41) is 0. The molecule has 0 heterocycles. The van der Waals surface area contributed by atoms with Gasteiger partial charge in [0.2, 0.25) is 11.6 Å². The number of carbonyl (C=O) groups is 3. The van der Waals surface area contributed by atoms with Crippen molar-refractivity contribution >= 4 is 17.3 Å². The highest BCUT2D eigenvalue weighted by Gasteiger charge is 2.39. The minimum absolute atomic E-state index is 0.233. The molecule has 0 bridgehead atoms. The first-order valence-electron chi connectivity index (χ1n) is 7.91. The van der Waals surface area contributed by atoms with Crippen LogP contribution in [0.5, 0.6) is 0 Å². The molecule has 1 unspecified atom stereocenters. The third-order valence-corrected chi connectivity index (χ3v) is 4.30. The summed E-state index contributed by atoms with van der Waals surface area (Å²) in [6.07, 6.45) is 2.36. The zero-order chi connectivity index (χ0) is 16.4. The molecular formula is C20H18O3. The number of hydrogen-bond donors (Lipinski definition) is 0. The van der Waals surface area contributed by atoms with Crippen molar-refractivity contribution in [3.63, 3.8) is 0 Å². The van der Waals surface area contributed by atoms with Crippen molar-refractivity contribution in [3.05, 3.63) is 70.8 Å². The molecule has 0 aliphatic heterocycles. The monoisotopic (exact) mass is 306 g/mol. The fourth-order valence-electron chi connectivity index (χ4n) is 3.05. The van der Waals surface area contributed by atoms with E-state index in [1.165, 1.54) is 5.56 Å². The van der Waals surface area contributed by atoms with Crippen LogP contribution in [0.25, 0.3) is 0 Å². The van der Waals surface area contributed by atoms with Gasteiger partial charge in [0.1, 0.15) is 0 Å². The first kappa shape index (κ1) is 15.3. The average molecular weight is 306 g/mol. The van der Waals surface area contributed by atoms with Crippen molar-refractivity contribution in [3.8, 4) is 0 Å². The van der Waals surface area contributed by atoms with Gasteiger partial charge >= 0.3 is 0 Å². The molecule has 3 rings (SSSR count). The number of Topliss-reactive ketones (excluding diaryl/α,β-unsaturated/α-hetero) is 3. The Bertz CT molecular complexity index is 772. The van der Waals surface area contributed by atoms with Gasteiger partial charge in [-0.05, 0) is 24.0 Å². The molecule has 0 amide bonds. The SMILES string of the molecule is CCCc1ccc(CC2C(=O)C(=O)c3ccccc3C2=O)cc1. The van der Waals surface area contributed by atoms with Crippen LogP contribution in [0, 0.1) is 5.92 Å². The van der Waals surface area contributed by atoms with E-state index < -0.39 is 17.5 Å². The average Bonchev–Trinajstić information content (AvgIpc) is 2.58. The lowest BCUT2D eigenvalue weighted by atomic mass is 9.78. The highest BCUT2D eigenvalue weighted by Crippen LogP contribution is 2.26. The number of hydrogen-bond acceptors (Lipinski definition) is 3. The van der Waals surface area contributed by atoms with Crippen molar-refractivity contribution < 1.29 is 14.4 Å². The maximum absolute atomic E-state index is 12.6. The second-order valence-electron chi connectivity index (χ2n) is 5.93. The topological polar surface area (TPSA) is 51.2 Å². The summed E-state index contributed by atoms with van der Waals surface area (Å²) in [4.78, 5) is 37.1. The summed E-state index contributed by atoms with van der Waals surface area (Å²) in [6, 6.07) is 14.5. The molecule has 0 N–H and O–H groups in total. The van der Waals surface area contributed by atoms with Gasteiger partial charge in [0.25, 0.3) is 0 Å². The van der Waals surface area contributed by atoms with Gasteiger partial charge < -0.3 is 0 Å². The van der Waals surface area contributed by atoms with Crippen LogP contribution >= 0.6 is 0 Å². The minimum Gasteiger partial charge on any atom is -0.293 e. The van der Waals surface area contributed by atoms with Crippen LogP contribution in [-0.4, -0.2) is 17.3 Å².